The highest BCUT2D eigenvalue weighted by molar-refractivity contribution is 6.33. The van der Waals surface area contributed by atoms with Crippen LogP contribution in [-0.4, -0.2) is 47.1 Å². The van der Waals surface area contributed by atoms with Crippen LogP contribution in [-0.2, 0) is 0 Å². The van der Waals surface area contributed by atoms with Gasteiger partial charge < -0.3 is 15.3 Å². The maximum Gasteiger partial charge on any atom is 0.337 e. The van der Waals surface area contributed by atoms with Gasteiger partial charge in [0.1, 0.15) is 5.82 Å². The summed E-state index contributed by atoms with van der Waals surface area (Å²) in [5.41, 5.74) is 0.0738. The molecule has 0 aromatic carbocycles. The Morgan fingerprint density at radius 2 is 2.39 bits per heavy atom. The van der Waals surface area contributed by atoms with Gasteiger partial charge in [-0.3, -0.25) is 0 Å². The van der Waals surface area contributed by atoms with Gasteiger partial charge in [0.05, 0.1) is 10.6 Å². The first-order valence-electron chi connectivity index (χ1n) is 5.91. The Kier molecular flexibility index (Phi) is 4.04. The van der Waals surface area contributed by atoms with E-state index in [-0.39, 0.29) is 10.6 Å². The summed E-state index contributed by atoms with van der Waals surface area (Å²) >= 11 is 5.75. The molecule has 1 heterocycles. The number of hydrogen-bond acceptors (Lipinski definition) is 4. The van der Waals surface area contributed by atoms with Gasteiger partial charge >= 0.3 is 5.97 Å². The number of carboxylic acid groups (broad SMARTS) is 1. The third-order valence-electron chi connectivity index (χ3n) is 3.03. The molecule has 1 fully saturated rings. The minimum atomic E-state index is -1.04. The van der Waals surface area contributed by atoms with Crippen LogP contribution >= 0.6 is 11.6 Å². The number of nitrogens with one attached hydrogen (secondary N) is 1. The highest BCUT2D eigenvalue weighted by Crippen LogP contribution is 2.24. The van der Waals surface area contributed by atoms with Crippen LogP contribution in [0.1, 0.15) is 23.2 Å². The number of aromatic carboxylic acids is 1. The Morgan fingerprint density at radius 3 is 3.00 bits per heavy atom. The first-order chi connectivity index (χ1) is 8.58. The van der Waals surface area contributed by atoms with Crippen molar-refractivity contribution in [3.05, 3.63) is 22.8 Å². The number of halogens is 1. The normalized spacial score (nSPS) is 14.8. The number of pyridine rings is 1. The maximum atomic E-state index is 10.9. The van der Waals surface area contributed by atoms with E-state index in [4.69, 9.17) is 16.7 Å². The average molecular weight is 270 g/mol. The Hall–Kier alpha value is -1.33. The highest BCUT2D eigenvalue weighted by Gasteiger charge is 2.25. The van der Waals surface area contributed by atoms with Gasteiger partial charge in [-0.15, -0.1) is 0 Å². The summed E-state index contributed by atoms with van der Waals surface area (Å²) < 4.78 is 0. The topological polar surface area (TPSA) is 65.5 Å². The number of carbonyl (C=O) groups is 1. The summed E-state index contributed by atoms with van der Waals surface area (Å²) in [6.07, 6.45) is 3.91. The number of aromatic nitrogens is 1. The van der Waals surface area contributed by atoms with Crippen molar-refractivity contribution in [3.63, 3.8) is 0 Å². The quantitative estimate of drug-likeness (QED) is 0.826. The van der Waals surface area contributed by atoms with E-state index in [1.165, 1.54) is 25.1 Å². The molecular weight excluding hydrogens is 254 g/mol. The van der Waals surface area contributed by atoms with Crippen molar-refractivity contribution in [1.82, 2.24) is 9.88 Å². The monoisotopic (exact) mass is 269 g/mol. The van der Waals surface area contributed by atoms with E-state index in [1.54, 1.807) is 0 Å². The first-order valence-corrected chi connectivity index (χ1v) is 6.28. The molecular formula is C12H16ClN3O2. The van der Waals surface area contributed by atoms with Crippen molar-refractivity contribution in [1.29, 1.82) is 0 Å². The molecule has 1 aromatic heterocycles. The summed E-state index contributed by atoms with van der Waals surface area (Å²) in [5.74, 6) is -0.499. The minimum Gasteiger partial charge on any atom is -0.478 e. The molecule has 18 heavy (non-hydrogen) atoms. The zero-order valence-electron chi connectivity index (χ0n) is 10.2. The molecule has 1 aromatic rings. The average Bonchev–Trinajstić information content (AvgIpc) is 3.14. The summed E-state index contributed by atoms with van der Waals surface area (Å²) in [6, 6.07) is 2.18. The molecule has 5 nitrogen and oxygen atoms in total. The number of anilines is 1. The number of nitrogens with zero attached hydrogens (tertiary/aromatic N) is 2. The zero-order chi connectivity index (χ0) is 13.1. The molecule has 0 spiro atoms. The van der Waals surface area contributed by atoms with E-state index >= 15 is 0 Å². The fraction of sp³-hybridized carbons (Fsp3) is 0.500. The van der Waals surface area contributed by atoms with Crippen LogP contribution in [0.2, 0.25) is 5.02 Å². The van der Waals surface area contributed by atoms with E-state index in [1.807, 2.05) is 0 Å². The molecule has 0 amide bonds. The van der Waals surface area contributed by atoms with Gasteiger partial charge in [0, 0.05) is 25.3 Å². The standard InChI is InChI=1S/C12H16ClN3O2/c1-16(8-2-3-8)5-4-14-11-6-9(12(17)18)10(13)7-15-11/h6-8H,2-5H2,1H3,(H,14,15)(H,17,18). The predicted octanol–water partition coefficient (Wildman–Crippen LogP) is 1.94. The predicted molar refractivity (Wildman–Crippen MR) is 70.3 cm³/mol. The Morgan fingerprint density at radius 1 is 1.67 bits per heavy atom. The minimum absolute atomic E-state index is 0.0738. The van der Waals surface area contributed by atoms with Crippen molar-refractivity contribution < 1.29 is 9.90 Å². The van der Waals surface area contributed by atoms with Gasteiger partial charge in [0.25, 0.3) is 0 Å². The molecule has 2 N–H and O–H groups in total. The molecule has 1 aliphatic carbocycles. The molecule has 1 aliphatic rings. The van der Waals surface area contributed by atoms with Gasteiger partial charge in [-0.1, -0.05) is 11.6 Å². The molecule has 1 saturated carbocycles. The van der Waals surface area contributed by atoms with Gasteiger partial charge in [-0.05, 0) is 26.0 Å². The molecule has 2 rings (SSSR count). The van der Waals surface area contributed by atoms with E-state index in [0.717, 1.165) is 19.1 Å². The lowest BCUT2D eigenvalue weighted by atomic mass is 10.2. The second-order valence-electron chi connectivity index (χ2n) is 4.49. The first kappa shape index (κ1) is 13.1. The van der Waals surface area contributed by atoms with Gasteiger partial charge in [-0.2, -0.15) is 0 Å². The van der Waals surface area contributed by atoms with Crippen molar-refractivity contribution in [2.75, 3.05) is 25.5 Å². The SMILES string of the molecule is CN(CCNc1cc(C(=O)O)c(Cl)cn1)C1CC1. The second-order valence-corrected chi connectivity index (χ2v) is 4.90. The fourth-order valence-corrected chi connectivity index (χ4v) is 1.94. The summed E-state index contributed by atoms with van der Waals surface area (Å²) in [7, 11) is 2.09. The molecule has 0 unspecified atom stereocenters. The fourth-order valence-electron chi connectivity index (χ4n) is 1.76. The maximum absolute atomic E-state index is 10.9. The molecule has 98 valence electrons. The van der Waals surface area contributed by atoms with Crippen LogP contribution in [0.4, 0.5) is 5.82 Å². The largest absolute Gasteiger partial charge is 0.478 e. The number of rotatable bonds is 6. The van der Waals surface area contributed by atoms with Gasteiger partial charge in [-0.25, -0.2) is 9.78 Å². The Labute approximate surface area is 111 Å². The molecule has 0 aliphatic heterocycles. The third-order valence-corrected chi connectivity index (χ3v) is 3.33. The van der Waals surface area contributed by atoms with Crippen LogP contribution in [0.15, 0.2) is 12.3 Å². The van der Waals surface area contributed by atoms with Crippen molar-refractivity contribution in [2.45, 2.75) is 18.9 Å². The van der Waals surface area contributed by atoms with Crippen LogP contribution in [0, 0.1) is 0 Å². The number of carboxylic acids is 1. The lowest BCUT2D eigenvalue weighted by molar-refractivity contribution is 0.0697. The Bertz CT molecular complexity index is 449. The van der Waals surface area contributed by atoms with E-state index in [2.05, 4.69) is 22.2 Å². The molecule has 0 radical (unpaired) electrons. The molecule has 0 bridgehead atoms. The summed E-state index contributed by atoms with van der Waals surface area (Å²) in [4.78, 5) is 17.3. The van der Waals surface area contributed by atoms with Crippen molar-refractivity contribution in [3.8, 4) is 0 Å². The Balaban J connectivity index is 1.88. The van der Waals surface area contributed by atoms with E-state index in [9.17, 15) is 4.79 Å². The van der Waals surface area contributed by atoms with Crippen molar-refractivity contribution >= 4 is 23.4 Å². The summed E-state index contributed by atoms with van der Waals surface area (Å²) in [6.45, 7) is 1.65. The van der Waals surface area contributed by atoms with Crippen LogP contribution in [0.5, 0.6) is 0 Å². The van der Waals surface area contributed by atoms with E-state index < -0.39 is 5.97 Å². The number of likely N-dealkylation sites (N-methyl/N-ethyl adjacent to an activating group) is 1. The molecule has 0 atom stereocenters. The van der Waals surface area contributed by atoms with Crippen LogP contribution in [0.25, 0.3) is 0 Å². The van der Waals surface area contributed by atoms with Gasteiger partial charge in [0.15, 0.2) is 0 Å². The highest BCUT2D eigenvalue weighted by atomic mass is 35.5. The van der Waals surface area contributed by atoms with E-state index in [0.29, 0.717) is 5.82 Å². The lowest BCUT2D eigenvalue weighted by Crippen LogP contribution is -2.27. The molecule has 0 saturated heterocycles. The van der Waals surface area contributed by atoms with Crippen LogP contribution in [0.3, 0.4) is 0 Å². The van der Waals surface area contributed by atoms with Crippen molar-refractivity contribution in [2.24, 2.45) is 0 Å². The van der Waals surface area contributed by atoms with Gasteiger partial charge in [0.2, 0.25) is 0 Å². The van der Waals surface area contributed by atoms with Crippen LogP contribution < -0.4 is 5.32 Å². The number of hydrogen-bond donors (Lipinski definition) is 2. The summed E-state index contributed by atoms with van der Waals surface area (Å²) in [5, 5.41) is 12.2. The smallest absolute Gasteiger partial charge is 0.337 e. The molecule has 6 heteroatoms. The zero-order valence-corrected chi connectivity index (χ0v) is 10.9. The second kappa shape index (κ2) is 5.54. The third kappa shape index (κ3) is 3.34. The lowest BCUT2D eigenvalue weighted by Gasteiger charge is -2.16.